The number of nitrogens with zero attached hydrogens (tertiary/aromatic N) is 4. The molecule has 0 aliphatic rings. The first kappa shape index (κ1) is 24.9. The Morgan fingerprint density at radius 2 is 1.65 bits per heavy atom. The monoisotopic (exact) mass is 536 g/mol. The molecule has 2 N–H and O–H groups in total. The number of hydrogen-bond donors (Lipinski definition) is 2. The summed E-state index contributed by atoms with van der Waals surface area (Å²) in [5.41, 5.74) is 4.70. The van der Waals surface area contributed by atoms with Gasteiger partial charge in [0.1, 0.15) is 24.3 Å². The number of aromatic nitrogens is 5. The highest BCUT2D eigenvalue weighted by Crippen LogP contribution is 2.33. The fourth-order valence-electron chi connectivity index (χ4n) is 4.28. The van der Waals surface area contributed by atoms with E-state index in [1.54, 1.807) is 28.8 Å². The molecule has 0 spiro atoms. The van der Waals surface area contributed by atoms with Crippen molar-refractivity contribution in [3.8, 4) is 5.69 Å². The molecule has 5 aromatic rings. The Balaban J connectivity index is 1.50. The van der Waals surface area contributed by atoms with E-state index in [4.69, 9.17) is 28.2 Å². The molecule has 1 atom stereocenters. The van der Waals surface area contributed by atoms with Gasteiger partial charge in [0, 0.05) is 6.54 Å². The number of carbonyl (C=O) groups excluding carboxylic acids is 1. The molecule has 0 saturated carbocycles. The van der Waals surface area contributed by atoms with Crippen LogP contribution in [0.25, 0.3) is 16.7 Å². The van der Waals surface area contributed by atoms with Crippen LogP contribution < -0.4 is 5.32 Å². The lowest BCUT2D eigenvalue weighted by Gasteiger charge is -2.29. The molecule has 10 heteroatoms. The second kappa shape index (κ2) is 9.61. The van der Waals surface area contributed by atoms with Crippen LogP contribution >= 0.6 is 23.2 Å². The van der Waals surface area contributed by atoms with E-state index in [-0.39, 0.29) is 28.0 Å². The van der Waals surface area contributed by atoms with Crippen LogP contribution in [0.15, 0.2) is 61.2 Å². The van der Waals surface area contributed by atoms with Crippen molar-refractivity contribution in [3.63, 3.8) is 0 Å². The number of aromatic amines is 1. The van der Waals surface area contributed by atoms with Gasteiger partial charge in [-0.3, -0.25) is 9.36 Å². The van der Waals surface area contributed by atoms with E-state index < -0.39 is 11.3 Å². The van der Waals surface area contributed by atoms with Crippen LogP contribution in [0.1, 0.15) is 39.8 Å². The molecule has 0 bridgehead atoms. The van der Waals surface area contributed by atoms with Crippen LogP contribution in [0.4, 0.5) is 4.39 Å². The number of halogens is 3. The van der Waals surface area contributed by atoms with Crippen molar-refractivity contribution >= 4 is 40.1 Å². The summed E-state index contributed by atoms with van der Waals surface area (Å²) in [5, 5.41) is 10.9. The van der Waals surface area contributed by atoms with Gasteiger partial charge in [-0.15, -0.1) is 10.2 Å². The number of nitrogens with one attached hydrogen (secondary N) is 2. The first-order valence-electron chi connectivity index (χ1n) is 11.5. The zero-order valence-electron chi connectivity index (χ0n) is 20.3. The standard InChI is InChI=1S/C27H23Cl2FN6O/c1-15-8-22-23(9-16(15)2)35-26(34-22)27(3,17-4-6-18(30)7-5-17)12-31-25(37)24-20(28)10-19(11-21(24)29)36-13-32-33-14-36/h4-11,13-14H,12H2,1-3H3,(H,31,37)(H,34,35)/t27-/m0/s1. The van der Waals surface area contributed by atoms with Crippen LogP contribution in [0, 0.1) is 19.7 Å². The Morgan fingerprint density at radius 1 is 1.03 bits per heavy atom. The maximum absolute atomic E-state index is 13.8. The van der Waals surface area contributed by atoms with Gasteiger partial charge in [0.25, 0.3) is 5.91 Å². The fourth-order valence-corrected chi connectivity index (χ4v) is 4.92. The highest BCUT2D eigenvalue weighted by molar-refractivity contribution is 6.40. The molecule has 5 rings (SSSR count). The van der Waals surface area contributed by atoms with Gasteiger partial charge >= 0.3 is 0 Å². The summed E-state index contributed by atoms with van der Waals surface area (Å²) < 4.78 is 15.4. The number of imidazole rings is 1. The third-order valence-electron chi connectivity index (χ3n) is 6.67. The van der Waals surface area contributed by atoms with Gasteiger partial charge in [-0.1, -0.05) is 35.3 Å². The van der Waals surface area contributed by atoms with Crippen molar-refractivity contribution in [1.82, 2.24) is 30.0 Å². The summed E-state index contributed by atoms with van der Waals surface area (Å²) in [7, 11) is 0. The molecule has 1 amide bonds. The van der Waals surface area contributed by atoms with Crippen LogP contribution in [0.2, 0.25) is 10.0 Å². The van der Waals surface area contributed by atoms with Crippen molar-refractivity contribution in [2.24, 2.45) is 0 Å². The van der Waals surface area contributed by atoms with Gasteiger partial charge in [0.15, 0.2) is 0 Å². The number of fused-ring (bicyclic) bond motifs is 1. The summed E-state index contributed by atoms with van der Waals surface area (Å²) in [6.07, 6.45) is 3.01. The van der Waals surface area contributed by atoms with Crippen molar-refractivity contribution < 1.29 is 9.18 Å². The van der Waals surface area contributed by atoms with Crippen LogP contribution in [0.3, 0.4) is 0 Å². The van der Waals surface area contributed by atoms with E-state index in [1.165, 1.54) is 24.8 Å². The smallest absolute Gasteiger partial charge is 0.254 e. The van der Waals surface area contributed by atoms with Gasteiger partial charge < -0.3 is 10.3 Å². The first-order chi connectivity index (χ1) is 17.7. The number of aryl methyl sites for hydroxylation is 2. The topological polar surface area (TPSA) is 88.5 Å². The first-order valence-corrected chi connectivity index (χ1v) is 12.3. The predicted molar refractivity (Wildman–Crippen MR) is 142 cm³/mol. The molecule has 0 fully saturated rings. The number of amides is 1. The summed E-state index contributed by atoms with van der Waals surface area (Å²) >= 11 is 12.9. The highest BCUT2D eigenvalue weighted by atomic mass is 35.5. The Kier molecular flexibility index (Phi) is 6.47. The van der Waals surface area contributed by atoms with Gasteiger partial charge in [0.2, 0.25) is 0 Å². The van der Waals surface area contributed by atoms with Crippen molar-refractivity contribution in [1.29, 1.82) is 0 Å². The minimum atomic E-state index is -0.814. The normalized spacial score (nSPS) is 13.0. The van der Waals surface area contributed by atoms with E-state index in [0.29, 0.717) is 11.5 Å². The molecule has 0 radical (unpaired) electrons. The minimum Gasteiger partial charge on any atom is -0.351 e. The van der Waals surface area contributed by atoms with Gasteiger partial charge in [-0.05, 0) is 73.9 Å². The molecular formula is C27H23Cl2FN6O. The maximum Gasteiger partial charge on any atom is 0.254 e. The van der Waals surface area contributed by atoms with E-state index in [1.807, 2.05) is 32.9 Å². The van der Waals surface area contributed by atoms with Gasteiger partial charge in [0.05, 0.1) is 37.7 Å². The summed E-state index contributed by atoms with van der Waals surface area (Å²) in [4.78, 5) is 21.6. The molecule has 37 heavy (non-hydrogen) atoms. The quantitative estimate of drug-likeness (QED) is 0.281. The van der Waals surface area contributed by atoms with Crippen molar-refractivity contribution in [2.45, 2.75) is 26.2 Å². The molecule has 0 unspecified atom stereocenters. The number of carbonyl (C=O) groups is 1. The molecule has 7 nitrogen and oxygen atoms in total. The van der Waals surface area contributed by atoms with Crippen molar-refractivity contribution in [2.75, 3.05) is 6.54 Å². The summed E-state index contributed by atoms with van der Waals surface area (Å²) in [5.74, 6) is -0.154. The second-order valence-electron chi connectivity index (χ2n) is 9.21. The third-order valence-corrected chi connectivity index (χ3v) is 7.27. The lowest BCUT2D eigenvalue weighted by molar-refractivity contribution is 0.0947. The van der Waals surface area contributed by atoms with E-state index in [9.17, 15) is 9.18 Å². The van der Waals surface area contributed by atoms with Crippen molar-refractivity contribution in [3.05, 3.63) is 105 Å². The average Bonchev–Trinajstić information content (AvgIpc) is 3.53. The number of hydrogen-bond acceptors (Lipinski definition) is 4. The molecule has 2 aromatic heterocycles. The summed E-state index contributed by atoms with van der Waals surface area (Å²) in [6.45, 7) is 6.16. The van der Waals surface area contributed by atoms with E-state index in [2.05, 4.69) is 20.5 Å². The zero-order chi connectivity index (χ0) is 26.3. The number of H-pyrrole nitrogens is 1. The second-order valence-corrected chi connectivity index (χ2v) is 10.0. The average molecular weight is 537 g/mol. The molecule has 0 aliphatic heterocycles. The largest absolute Gasteiger partial charge is 0.351 e. The molecule has 2 heterocycles. The van der Waals surface area contributed by atoms with Crippen LogP contribution in [-0.2, 0) is 5.41 Å². The number of benzene rings is 3. The third kappa shape index (κ3) is 4.70. The maximum atomic E-state index is 13.8. The lowest BCUT2D eigenvalue weighted by atomic mass is 9.81. The molecule has 0 saturated heterocycles. The number of rotatable bonds is 6. The van der Waals surface area contributed by atoms with E-state index in [0.717, 1.165) is 27.7 Å². The van der Waals surface area contributed by atoms with Crippen LogP contribution in [-0.4, -0.2) is 37.2 Å². The Bertz CT molecular complexity index is 1550. The molecule has 0 aliphatic carbocycles. The molecular weight excluding hydrogens is 514 g/mol. The van der Waals surface area contributed by atoms with Crippen LogP contribution in [0.5, 0.6) is 0 Å². The predicted octanol–water partition coefficient (Wildman–Crippen LogP) is 5.94. The Morgan fingerprint density at radius 3 is 2.30 bits per heavy atom. The fraction of sp³-hybridized carbons (Fsp3) is 0.185. The zero-order valence-corrected chi connectivity index (χ0v) is 21.8. The van der Waals surface area contributed by atoms with Gasteiger partial charge in [-0.2, -0.15) is 0 Å². The molecule has 188 valence electrons. The molecule has 3 aromatic carbocycles. The highest BCUT2D eigenvalue weighted by Gasteiger charge is 2.34. The SMILES string of the molecule is Cc1cc2nc([C@@](C)(CNC(=O)c3c(Cl)cc(-n4cnnc4)cc3Cl)c3ccc(F)cc3)[nH]c2cc1C. The van der Waals surface area contributed by atoms with Gasteiger partial charge in [-0.25, -0.2) is 9.37 Å². The minimum absolute atomic E-state index is 0.148. The Labute approximate surface area is 222 Å². The Hall–Kier alpha value is -3.75. The lowest BCUT2D eigenvalue weighted by Crippen LogP contribution is -2.40. The summed E-state index contributed by atoms with van der Waals surface area (Å²) in [6, 6.07) is 13.5. The van der Waals surface area contributed by atoms with E-state index >= 15 is 0 Å².